The molecule has 0 heterocycles. The highest BCUT2D eigenvalue weighted by atomic mass is 16.5. The summed E-state index contributed by atoms with van der Waals surface area (Å²) in [7, 11) is 0. The van der Waals surface area contributed by atoms with Crippen molar-refractivity contribution in [3.05, 3.63) is 120 Å². The highest BCUT2D eigenvalue weighted by Crippen LogP contribution is 2.42. The lowest BCUT2D eigenvalue weighted by molar-refractivity contribution is -0.128. The van der Waals surface area contributed by atoms with Gasteiger partial charge >= 0.3 is 0 Å². The quantitative estimate of drug-likeness (QED) is 0.0596. The molecule has 0 radical (unpaired) electrons. The fraction of sp³-hybridized carbons (Fsp3) is 0.533. The van der Waals surface area contributed by atoms with Crippen molar-refractivity contribution in [2.45, 2.75) is 128 Å². The lowest BCUT2D eigenvalue weighted by Crippen LogP contribution is -2.40. The van der Waals surface area contributed by atoms with Crippen LogP contribution < -0.4 is 5.32 Å². The number of hydrogen-bond acceptors (Lipinski definition) is 2. The van der Waals surface area contributed by atoms with E-state index in [0.717, 1.165) is 42.5 Å². The summed E-state index contributed by atoms with van der Waals surface area (Å²) in [4.78, 5) is 13.5. The van der Waals surface area contributed by atoms with Crippen molar-refractivity contribution in [2.75, 3.05) is 13.2 Å². The van der Waals surface area contributed by atoms with Gasteiger partial charge in [-0.2, -0.15) is 0 Å². The zero-order valence-electron chi connectivity index (χ0n) is 29.9. The van der Waals surface area contributed by atoms with Gasteiger partial charge in [0.15, 0.2) is 0 Å². The zero-order chi connectivity index (χ0) is 33.5. The van der Waals surface area contributed by atoms with Crippen molar-refractivity contribution in [3.8, 4) is 0 Å². The third kappa shape index (κ3) is 12.1. The molecule has 0 fully saturated rings. The first-order valence-electron chi connectivity index (χ1n) is 19.5. The normalized spacial score (nSPS) is 16.2. The molecular formula is C45H63NO2. The summed E-state index contributed by atoms with van der Waals surface area (Å²) in [6.45, 7) is 3.56. The van der Waals surface area contributed by atoms with E-state index in [2.05, 4.69) is 115 Å². The number of nitrogens with one attached hydrogen (secondary N) is 1. The Kier molecular flexibility index (Phi) is 17.6. The van der Waals surface area contributed by atoms with Crippen LogP contribution in [0.15, 0.2) is 103 Å². The molecule has 4 rings (SSSR count). The highest BCUT2D eigenvalue weighted by molar-refractivity contribution is 5.79. The molecule has 48 heavy (non-hydrogen) atoms. The van der Waals surface area contributed by atoms with Crippen molar-refractivity contribution in [1.82, 2.24) is 5.32 Å². The van der Waals surface area contributed by atoms with Crippen LogP contribution in [0.5, 0.6) is 0 Å². The standard InChI is InChI=1S/C45H63NO2/c1-2-3-4-5-6-7-8-9-10-11-12-13-14-15-16-28-37-46-44(47)43-36-27-26-29-39(43)38-48-45(40-30-20-17-21-31-40,41-32-22-18-23-33-41)42-34-24-19-25-35-42/h17-27,30-35,39,43H,2-16,28-29,36-38H2,1H3,(H,46,47). The van der Waals surface area contributed by atoms with E-state index in [-0.39, 0.29) is 17.7 Å². The number of carbonyl (C=O) groups excluding carboxylic acids is 1. The summed E-state index contributed by atoms with van der Waals surface area (Å²) < 4.78 is 7.13. The Bertz CT molecular complexity index is 1180. The first-order chi connectivity index (χ1) is 23.8. The van der Waals surface area contributed by atoms with Crippen LogP contribution in [0.2, 0.25) is 0 Å². The lowest BCUT2D eigenvalue weighted by atomic mass is 9.79. The Morgan fingerprint density at radius 2 is 0.979 bits per heavy atom. The van der Waals surface area contributed by atoms with Crippen LogP contribution in [0.3, 0.4) is 0 Å². The van der Waals surface area contributed by atoms with E-state index in [0.29, 0.717) is 6.61 Å². The third-order valence-corrected chi connectivity index (χ3v) is 10.3. The number of carbonyl (C=O) groups is 1. The third-order valence-electron chi connectivity index (χ3n) is 10.3. The zero-order valence-corrected chi connectivity index (χ0v) is 29.9. The van der Waals surface area contributed by atoms with Crippen molar-refractivity contribution in [1.29, 1.82) is 0 Å². The smallest absolute Gasteiger partial charge is 0.223 e. The van der Waals surface area contributed by atoms with Crippen LogP contribution in [-0.2, 0) is 15.1 Å². The molecule has 0 bridgehead atoms. The van der Waals surface area contributed by atoms with E-state index in [1.165, 1.54) is 96.3 Å². The minimum absolute atomic E-state index is 0.0731. The van der Waals surface area contributed by atoms with Gasteiger partial charge < -0.3 is 10.1 Å². The van der Waals surface area contributed by atoms with Gasteiger partial charge in [-0.3, -0.25) is 4.79 Å². The topological polar surface area (TPSA) is 38.3 Å². The molecule has 3 aromatic carbocycles. The predicted molar refractivity (Wildman–Crippen MR) is 203 cm³/mol. The molecule has 2 unspecified atom stereocenters. The minimum Gasteiger partial charge on any atom is -0.361 e. The van der Waals surface area contributed by atoms with Crippen molar-refractivity contribution >= 4 is 5.91 Å². The summed E-state index contributed by atoms with van der Waals surface area (Å²) in [5.41, 5.74) is 2.52. The first kappa shape index (κ1) is 37.6. The summed E-state index contributed by atoms with van der Waals surface area (Å²) in [6, 6.07) is 31.6. The number of benzene rings is 3. The maximum absolute atomic E-state index is 13.5. The molecule has 0 saturated heterocycles. The van der Waals surface area contributed by atoms with E-state index < -0.39 is 5.60 Å². The van der Waals surface area contributed by atoms with Gasteiger partial charge in [0.05, 0.1) is 6.61 Å². The van der Waals surface area contributed by atoms with Gasteiger partial charge in [-0.05, 0) is 41.9 Å². The van der Waals surface area contributed by atoms with Crippen LogP contribution in [-0.4, -0.2) is 19.1 Å². The first-order valence-corrected chi connectivity index (χ1v) is 19.5. The molecule has 1 aliphatic carbocycles. The molecule has 3 nitrogen and oxygen atoms in total. The number of unbranched alkanes of at least 4 members (excludes halogenated alkanes) is 15. The number of amides is 1. The molecule has 1 N–H and O–H groups in total. The number of allylic oxidation sites excluding steroid dienone is 2. The molecular weight excluding hydrogens is 587 g/mol. The SMILES string of the molecule is CCCCCCCCCCCCCCCCCCNC(=O)C1CC=CCC1COC(c1ccccc1)(c1ccccc1)c1ccccc1. The Balaban J connectivity index is 1.19. The fourth-order valence-electron chi connectivity index (χ4n) is 7.39. The van der Waals surface area contributed by atoms with Crippen molar-refractivity contribution in [3.63, 3.8) is 0 Å². The van der Waals surface area contributed by atoms with Gasteiger partial charge in [0.2, 0.25) is 5.91 Å². The predicted octanol–water partition coefficient (Wildman–Crippen LogP) is 12.0. The monoisotopic (exact) mass is 649 g/mol. The minimum atomic E-state index is -0.764. The molecule has 0 aliphatic heterocycles. The maximum atomic E-state index is 13.5. The van der Waals surface area contributed by atoms with Crippen LogP contribution in [0.1, 0.15) is 139 Å². The summed E-state index contributed by atoms with van der Waals surface area (Å²) in [5, 5.41) is 3.30. The molecule has 3 aromatic rings. The van der Waals surface area contributed by atoms with E-state index in [9.17, 15) is 4.79 Å². The van der Waals surface area contributed by atoms with Gasteiger partial charge in [-0.1, -0.05) is 206 Å². The molecule has 0 spiro atoms. The van der Waals surface area contributed by atoms with Crippen molar-refractivity contribution < 1.29 is 9.53 Å². The number of rotatable bonds is 24. The fourth-order valence-corrected chi connectivity index (χ4v) is 7.39. The average molecular weight is 650 g/mol. The Labute approximate surface area is 293 Å². The van der Waals surface area contributed by atoms with E-state index in [1.54, 1.807) is 0 Å². The van der Waals surface area contributed by atoms with E-state index in [1.807, 2.05) is 0 Å². The van der Waals surface area contributed by atoms with Gasteiger partial charge in [-0.15, -0.1) is 0 Å². The highest BCUT2D eigenvalue weighted by Gasteiger charge is 2.39. The van der Waals surface area contributed by atoms with Crippen LogP contribution in [0.4, 0.5) is 0 Å². The van der Waals surface area contributed by atoms with Gasteiger partial charge in [0.25, 0.3) is 0 Å². The second-order valence-corrected chi connectivity index (χ2v) is 14.0. The van der Waals surface area contributed by atoms with Crippen LogP contribution in [0.25, 0.3) is 0 Å². The van der Waals surface area contributed by atoms with E-state index >= 15 is 0 Å². The molecule has 0 aromatic heterocycles. The van der Waals surface area contributed by atoms with Gasteiger partial charge in [0, 0.05) is 12.5 Å². The Morgan fingerprint density at radius 1 is 0.583 bits per heavy atom. The van der Waals surface area contributed by atoms with E-state index in [4.69, 9.17) is 4.74 Å². The molecule has 2 atom stereocenters. The average Bonchev–Trinajstić information content (AvgIpc) is 3.14. The summed E-state index contributed by atoms with van der Waals surface area (Å²) in [6.07, 6.45) is 27.8. The molecule has 1 aliphatic rings. The van der Waals surface area contributed by atoms with Crippen LogP contribution >= 0.6 is 0 Å². The maximum Gasteiger partial charge on any atom is 0.223 e. The summed E-state index contributed by atoms with van der Waals surface area (Å²) >= 11 is 0. The molecule has 1 amide bonds. The second kappa shape index (κ2) is 22.5. The summed E-state index contributed by atoms with van der Waals surface area (Å²) in [5.74, 6) is 0.228. The van der Waals surface area contributed by atoms with Crippen LogP contribution in [0, 0.1) is 11.8 Å². The molecule has 260 valence electrons. The number of hydrogen-bond donors (Lipinski definition) is 1. The molecule has 0 saturated carbocycles. The van der Waals surface area contributed by atoms with Gasteiger partial charge in [0.1, 0.15) is 5.60 Å². The van der Waals surface area contributed by atoms with Gasteiger partial charge in [-0.25, -0.2) is 0 Å². The second-order valence-electron chi connectivity index (χ2n) is 14.0. The Hall–Kier alpha value is -3.17. The van der Waals surface area contributed by atoms with Crippen molar-refractivity contribution in [2.24, 2.45) is 11.8 Å². The largest absolute Gasteiger partial charge is 0.361 e. The molecule has 3 heteroatoms. The lowest BCUT2D eigenvalue weighted by Gasteiger charge is -2.38. The Morgan fingerprint density at radius 3 is 1.42 bits per heavy atom. The number of ether oxygens (including phenoxy) is 1.